The molecule has 0 N–H and O–H groups in total. The van der Waals surface area contributed by atoms with E-state index in [0.717, 1.165) is 17.9 Å². The van der Waals surface area contributed by atoms with Crippen molar-refractivity contribution in [2.75, 3.05) is 0 Å². The van der Waals surface area contributed by atoms with Gasteiger partial charge in [0.05, 0.1) is 0 Å². The van der Waals surface area contributed by atoms with Crippen LogP contribution in [0.5, 0.6) is 0 Å². The number of benzene rings is 1. The third-order valence-corrected chi connectivity index (χ3v) is 3.98. The standard InChI is InChI=1S/C17H20ClN/c1-3-15(13-8-10-14(18)11-9-13)16(4-2)17-7-5-6-12-19-17/h5-12,15-16H,3-4H2,1-2H3/t15-,16+/m0/s1. The van der Waals surface area contributed by atoms with Crippen LogP contribution in [0.25, 0.3) is 0 Å². The second kappa shape index (κ2) is 6.72. The van der Waals surface area contributed by atoms with Gasteiger partial charge < -0.3 is 0 Å². The summed E-state index contributed by atoms with van der Waals surface area (Å²) in [4.78, 5) is 4.54. The van der Waals surface area contributed by atoms with Gasteiger partial charge in [-0.2, -0.15) is 0 Å². The summed E-state index contributed by atoms with van der Waals surface area (Å²) in [7, 11) is 0. The van der Waals surface area contributed by atoms with Crippen LogP contribution < -0.4 is 0 Å². The van der Waals surface area contributed by atoms with E-state index >= 15 is 0 Å². The zero-order valence-corrected chi connectivity index (χ0v) is 12.3. The van der Waals surface area contributed by atoms with Crippen molar-refractivity contribution in [2.45, 2.75) is 38.5 Å². The Balaban J connectivity index is 2.31. The lowest BCUT2D eigenvalue weighted by Gasteiger charge is -2.25. The first-order valence-electron chi connectivity index (χ1n) is 6.92. The summed E-state index contributed by atoms with van der Waals surface area (Å²) >= 11 is 5.98. The third kappa shape index (κ3) is 3.36. The van der Waals surface area contributed by atoms with Gasteiger partial charge in [-0.05, 0) is 48.6 Å². The summed E-state index contributed by atoms with van der Waals surface area (Å²) in [6, 6.07) is 14.4. The number of aromatic nitrogens is 1. The van der Waals surface area contributed by atoms with Crippen molar-refractivity contribution >= 4 is 11.6 Å². The fourth-order valence-electron chi connectivity index (χ4n) is 2.76. The molecule has 0 aliphatic rings. The highest BCUT2D eigenvalue weighted by atomic mass is 35.5. The Bertz CT molecular complexity index is 492. The van der Waals surface area contributed by atoms with Crippen molar-refractivity contribution < 1.29 is 0 Å². The molecule has 1 nitrogen and oxygen atoms in total. The van der Waals surface area contributed by atoms with Crippen molar-refractivity contribution in [3.05, 3.63) is 64.9 Å². The molecule has 0 saturated heterocycles. The third-order valence-electron chi connectivity index (χ3n) is 3.73. The Labute approximate surface area is 120 Å². The summed E-state index contributed by atoms with van der Waals surface area (Å²) in [6.45, 7) is 4.47. The molecule has 1 heterocycles. The van der Waals surface area contributed by atoms with E-state index in [-0.39, 0.29) is 0 Å². The highest BCUT2D eigenvalue weighted by molar-refractivity contribution is 6.30. The SMILES string of the molecule is CC[C@@H](c1ccc(Cl)cc1)[C@@H](CC)c1ccccn1. The summed E-state index contributed by atoms with van der Waals surface area (Å²) in [5.74, 6) is 0.963. The van der Waals surface area contributed by atoms with Crippen LogP contribution in [0.4, 0.5) is 0 Å². The van der Waals surface area contributed by atoms with Crippen LogP contribution in [0.15, 0.2) is 48.7 Å². The summed E-state index contributed by atoms with van der Waals surface area (Å²) in [5.41, 5.74) is 2.54. The number of nitrogens with zero attached hydrogens (tertiary/aromatic N) is 1. The molecule has 2 aromatic rings. The molecule has 2 rings (SSSR count). The maximum Gasteiger partial charge on any atom is 0.0440 e. The van der Waals surface area contributed by atoms with Gasteiger partial charge in [-0.25, -0.2) is 0 Å². The molecular formula is C17H20ClN. The van der Waals surface area contributed by atoms with E-state index in [0.29, 0.717) is 11.8 Å². The molecule has 0 fully saturated rings. The van der Waals surface area contributed by atoms with E-state index in [2.05, 4.69) is 43.1 Å². The summed E-state index contributed by atoms with van der Waals surface area (Å²) in [6.07, 6.45) is 4.08. The van der Waals surface area contributed by atoms with Crippen LogP contribution in [0.1, 0.15) is 49.8 Å². The van der Waals surface area contributed by atoms with Gasteiger partial charge in [0.1, 0.15) is 0 Å². The smallest absolute Gasteiger partial charge is 0.0440 e. The van der Waals surface area contributed by atoms with E-state index in [1.54, 1.807) is 0 Å². The van der Waals surface area contributed by atoms with Gasteiger partial charge in [0, 0.05) is 22.8 Å². The molecule has 0 aliphatic heterocycles. The Morgan fingerprint density at radius 3 is 2.16 bits per heavy atom. The zero-order valence-electron chi connectivity index (χ0n) is 11.5. The van der Waals surface area contributed by atoms with Gasteiger partial charge in [0.25, 0.3) is 0 Å². The van der Waals surface area contributed by atoms with E-state index < -0.39 is 0 Å². The van der Waals surface area contributed by atoms with Gasteiger partial charge in [-0.15, -0.1) is 0 Å². The normalized spacial score (nSPS) is 14.1. The van der Waals surface area contributed by atoms with E-state index in [1.807, 2.05) is 24.4 Å². The average molecular weight is 274 g/mol. The summed E-state index contributed by atoms with van der Waals surface area (Å²) in [5, 5.41) is 0.796. The minimum Gasteiger partial charge on any atom is -0.261 e. The maximum atomic E-state index is 5.98. The van der Waals surface area contributed by atoms with Gasteiger partial charge >= 0.3 is 0 Å². The number of hydrogen-bond donors (Lipinski definition) is 0. The zero-order chi connectivity index (χ0) is 13.7. The quantitative estimate of drug-likeness (QED) is 0.708. The predicted molar refractivity (Wildman–Crippen MR) is 81.8 cm³/mol. The first kappa shape index (κ1) is 14.1. The molecule has 0 spiro atoms. The summed E-state index contributed by atoms with van der Waals surface area (Å²) < 4.78 is 0. The molecule has 2 atom stereocenters. The van der Waals surface area contributed by atoms with E-state index in [4.69, 9.17) is 11.6 Å². The molecule has 0 bridgehead atoms. The highest BCUT2D eigenvalue weighted by Gasteiger charge is 2.22. The highest BCUT2D eigenvalue weighted by Crippen LogP contribution is 2.37. The van der Waals surface area contributed by atoms with Crippen LogP contribution in [0.2, 0.25) is 5.02 Å². The molecule has 19 heavy (non-hydrogen) atoms. The first-order valence-corrected chi connectivity index (χ1v) is 7.30. The molecule has 0 aliphatic carbocycles. The van der Waals surface area contributed by atoms with Crippen molar-refractivity contribution in [2.24, 2.45) is 0 Å². The molecule has 100 valence electrons. The van der Waals surface area contributed by atoms with E-state index in [9.17, 15) is 0 Å². The molecule has 0 saturated carbocycles. The molecule has 0 amide bonds. The lowest BCUT2D eigenvalue weighted by atomic mass is 9.80. The fourth-order valence-corrected chi connectivity index (χ4v) is 2.88. The number of pyridine rings is 1. The van der Waals surface area contributed by atoms with Crippen molar-refractivity contribution in [1.29, 1.82) is 0 Å². The van der Waals surface area contributed by atoms with Crippen LogP contribution in [0, 0.1) is 0 Å². The molecule has 0 unspecified atom stereocenters. The van der Waals surface area contributed by atoms with Crippen molar-refractivity contribution in [3.8, 4) is 0 Å². The van der Waals surface area contributed by atoms with Gasteiger partial charge in [-0.3, -0.25) is 4.98 Å². The Hall–Kier alpha value is -1.34. The minimum absolute atomic E-state index is 0.465. The fraction of sp³-hybridized carbons (Fsp3) is 0.353. The second-order valence-electron chi connectivity index (χ2n) is 4.84. The predicted octanol–water partition coefficient (Wildman–Crippen LogP) is 5.42. The Kier molecular flexibility index (Phi) is 4.98. The number of rotatable bonds is 5. The maximum absolute atomic E-state index is 5.98. The van der Waals surface area contributed by atoms with E-state index in [1.165, 1.54) is 11.3 Å². The lowest BCUT2D eigenvalue weighted by Crippen LogP contribution is -2.11. The van der Waals surface area contributed by atoms with Gasteiger partial charge in [-0.1, -0.05) is 43.6 Å². The lowest BCUT2D eigenvalue weighted by molar-refractivity contribution is 0.500. The number of hydrogen-bond acceptors (Lipinski definition) is 1. The van der Waals surface area contributed by atoms with Gasteiger partial charge in [0.2, 0.25) is 0 Å². The largest absolute Gasteiger partial charge is 0.261 e. The second-order valence-corrected chi connectivity index (χ2v) is 5.27. The molecular weight excluding hydrogens is 254 g/mol. The van der Waals surface area contributed by atoms with Crippen LogP contribution in [-0.4, -0.2) is 4.98 Å². The molecule has 2 heteroatoms. The monoisotopic (exact) mass is 273 g/mol. The van der Waals surface area contributed by atoms with Crippen LogP contribution in [0.3, 0.4) is 0 Å². The average Bonchev–Trinajstić information content (AvgIpc) is 2.47. The molecule has 1 aromatic heterocycles. The minimum atomic E-state index is 0.465. The number of halogens is 1. The van der Waals surface area contributed by atoms with Crippen molar-refractivity contribution in [1.82, 2.24) is 4.98 Å². The van der Waals surface area contributed by atoms with Gasteiger partial charge in [0.15, 0.2) is 0 Å². The first-order chi connectivity index (χ1) is 9.26. The Morgan fingerprint density at radius 1 is 0.947 bits per heavy atom. The molecule has 1 aromatic carbocycles. The molecule has 0 radical (unpaired) electrons. The van der Waals surface area contributed by atoms with Crippen LogP contribution in [-0.2, 0) is 0 Å². The van der Waals surface area contributed by atoms with Crippen molar-refractivity contribution in [3.63, 3.8) is 0 Å². The Morgan fingerprint density at radius 2 is 1.63 bits per heavy atom. The van der Waals surface area contributed by atoms with Crippen LogP contribution >= 0.6 is 11.6 Å². The topological polar surface area (TPSA) is 12.9 Å².